The first kappa shape index (κ1) is 16.4. The van der Waals surface area contributed by atoms with Gasteiger partial charge < -0.3 is 14.5 Å². The molecule has 1 aromatic rings. The molecule has 116 valence electrons. The SMILES string of the molecule is CCCOc1c(Cl)cc(C(=O)N2CCN(C)CC2)cc1Cl. The van der Waals surface area contributed by atoms with Crippen LogP contribution in [0.1, 0.15) is 23.7 Å². The molecule has 1 aliphatic heterocycles. The summed E-state index contributed by atoms with van der Waals surface area (Å²) in [6.45, 7) is 5.76. The van der Waals surface area contributed by atoms with E-state index in [4.69, 9.17) is 27.9 Å². The first-order valence-corrected chi connectivity index (χ1v) is 7.88. The average Bonchev–Trinajstić information content (AvgIpc) is 2.46. The summed E-state index contributed by atoms with van der Waals surface area (Å²) in [5.41, 5.74) is 0.512. The summed E-state index contributed by atoms with van der Waals surface area (Å²) in [5, 5.41) is 0.766. The Balaban J connectivity index is 2.15. The Morgan fingerprint density at radius 1 is 1.19 bits per heavy atom. The standard InChI is InChI=1S/C15H20Cl2N2O2/c1-3-8-21-14-12(16)9-11(10-13(14)17)15(20)19-6-4-18(2)5-7-19/h9-10H,3-8H2,1-2H3. The molecule has 2 rings (SSSR count). The van der Waals surface area contributed by atoms with Crippen molar-refractivity contribution in [2.24, 2.45) is 0 Å². The van der Waals surface area contributed by atoms with Crippen LogP contribution in [0.25, 0.3) is 0 Å². The van der Waals surface area contributed by atoms with Crippen molar-refractivity contribution < 1.29 is 9.53 Å². The number of likely N-dealkylation sites (N-methyl/N-ethyl adjacent to an activating group) is 1. The van der Waals surface area contributed by atoms with Gasteiger partial charge in [0.2, 0.25) is 0 Å². The number of carbonyl (C=O) groups is 1. The quantitative estimate of drug-likeness (QED) is 0.850. The fourth-order valence-corrected chi connectivity index (χ4v) is 2.81. The molecule has 1 heterocycles. The number of nitrogens with zero attached hydrogens (tertiary/aromatic N) is 2. The number of benzene rings is 1. The molecular formula is C15H20Cl2N2O2. The van der Waals surface area contributed by atoms with Gasteiger partial charge in [-0.05, 0) is 25.6 Å². The molecule has 0 N–H and O–H groups in total. The maximum atomic E-state index is 12.5. The molecule has 1 aliphatic rings. The number of carbonyl (C=O) groups excluding carboxylic acids is 1. The summed E-state index contributed by atoms with van der Waals surface area (Å²) < 4.78 is 5.52. The van der Waals surface area contributed by atoms with Crippen molar-refractivity contribution in [3.8, 4) is 5.75 Å². The second kappa shape index (κ2) is 7.34. The van der Waals surface area contributed by atoms with Gasteiger partial charge in [0, 0.05) is 31.7 Å². The predicted molar refractivity (Wildman–Crippen MR) is 85.6 cm³/mol. The molecule has 0 spiro atoms. The van der Waals surface area contributed by atoms with Gasteiger partial charge in [-0.3, -0.25) is 4.79 Å². The molecule has 6 heteroatoms. The van der Waals surface area contributed by atoms with Gasteiger partial charge in [0.05, 0.1) is 16.7 Å². The highest BCUT2D eigenvalue weighted by Crippen LogP contribution is 2.34. The van der Waals surface area contributed by atoms with Crippen LogP contribution in [0.5, 0.6) is 5.75 Å². The molecule has 4 nitrogen and oxygen atoms in total. The van der Waals surface area contributed by atoms with Crippen molar-refractivity contribution in [3.05, 3.63) is 27.7 Å². The van der Waals surface area contributed by atoms with E-state index in [1.807, 2.05) is 11.8 Å². The van der Waals surface area contributed by atoms with Crippen LogP contribution in [0.15, 0.2) is 12.1 Å². The lowest BCUT2D eigenvalue weighted by molar-refractivity contribution is 0.0664. The second-order valence-electron chi connectivity index (χ2n) is 5.21. The highest BCUT2D eigenvalue weighted by molar-refractivity contribution is 6.37. The summed E-state index contributed by atoms with van der Waals surface area (Å²) >= 11 is 12.4. The Morgan fingerprint density at radius 2 is 1.76 bits per heavy atom. The van der Waals surface area contributed by atoms with Crippen molar-refractivity contribution in [3.63, 3.8) is 0 Å². The van der Waals surface area contributed by atoms with Gasteiger partial charge >= 0.3 is 0 Å². The number of hydrogen-bond acceptors (Lipinski definition) is 3. The molecule has 1 saturated heterocycles. The van der Waals surface area contributed by atoms with Gasteiger partial charge in [-0.1, -0.05) is 30.1 Å². The Morgan fingerprint density at radius 3 is 2.29 bits per heavy atom. The maximum Gasteiger partial charge on any atom is 0.254 e. The summed E-state index contributed by atoms with van der Waals surface area (Å²) in [5.74, 6) is 0.420. The first-order valence-electron chi connectivity index (χ1n) is 7.12. The number of hydrogen-bond donors (Lipinski definition) is 0. The largest absolute Gasteiger partial charge is 0.490 e. The average molecular weight is 331 g/mol. The Bertz CT molecular complexity index is 491. The van der Waals surface area contributed by atoms with Crippen molar-refractivity contribution in [2.45, 2.75) is 13.3 Å². The van der Waals surface area contributed by atoms with Gasteiger partial charge in [-0.2, -0.15) is 0 Å². The van der Waals surface area contributed by atoms with Gasteiger partial charge in [0.1, 0.15) is 0 Å². The molecule has 0 bridgehead atoms. The highest BCUT2D eigenvalue weighted by Gasteiger charge is 2.22. The number of rotatable bonds is 4. The fraction of sp³-hybridized carbons (Fsp3) is 0.533. The van der Waals surface area contributed by atoms with E-state index >= 15 is 0 Å². The molecule has 0 radical (unpaired) electrons. The minimum atomic E-state index is -0.0334. The minimum absolute atomic E-state index is 0.0334. The topological polar surface area (TPSA) is 32.8 Å². The molecule has 21 heavy (non-hydrogen) atoms. The van der Waals surface area contributed by atoms with Crippen LogP contribution < -0.4 is 4.74 Å². The van der Waals surface area contributed by atoms with Crippen molar-refractivity contribution >= 4 is 29.1 Å². The maximum absolute atomic E-state index is 12.5. The molecule has 0 aromatic heterocycles. The summed E-state index contributed by atoms with van der Waals surface area (Å²) in [4.78, 5) is 16.5. The van der Waals surface area contributed by atoms with Gasteiger partial charge in [-0.25, -0.2) is 0 Å². The van der Waals surface area contributed by atoms with Crippen molar-refractivity contribution in [1.29, 1.82) is 0 Å². The third-order valence-electron chi connectivity index (χ3n) is 3.49. The molecular weight excluding hydrogens is 311 g/mol. The molecule has 1 amide bonds. The number of piperazine rings is 1. The normalized spacial score (nSPS) is 16.1. The van der Waals surface area contributed by atoms with Crippen LogP contribution in [0.3, 0.4) is 0 Å². The van der Waals surface area contributed by atoms with E-state index in [2.05, 4.69) is 11.9 Å². The fourth-order valence-electron chi connectivity index (χ4n) is 2.22. The van der Waals surface area contributed by atoms with Gasteiger partial charge in [0.25, 0.3) is 5.91 Å². The van der Waals surface area contributed by atoms with E-state index in [1.54, 1.807) is 12.1 Å². The molecule has 1 fully saturated rings. The molecule has 1 aromatic carbocycles. The second-order valence-corrected chi connectivity index (χ2v) is 6.03. The summed E-state index contributed by atoms with van der Waals surface area (Å²) in [7, 11) is 2.05. The van der Waals surface area contributed by atoms with Crippen LogP contribution in [0, 0.1) is 0 Å². The van der Waals surface area contributed by atoms with E-state index in [0.717, 1.165) is 32.6 Å². The lowest BCUT2D eigenvalue weighted by atomic mass is 10.1. The Hall–Kier alpha value is -0.970. The van der Waals surface area contributed by atoms with Crippen LogP contribution >= 0.6 is 23.2 Å². The lowest BCUT2D eigenvalue weighted by Gasteiger charge is -2.32. The summed E-state index contributed by atoms with van der Waals surface area (Å²) in [6, 6.07) is 3.28. The number of amides is 1. The van der Waals surface area contributed by atoms with E-state index in [-0.39, 0.29) is 5.91 Å². The minimum Gasteiger partial charge on any atom is -0.490 e. The molecule has 0 atom stereocenters. The van der Waals surface area contributed by atoms with Crippen LogP contribution in [0.4, 0.5) is 0 Å². The van der Waals surface area contributed by atoms with Crippen LogP contribution in [0.2, 0.25) is 10.0 Å². The third-order valence-corrected chi connectivity index (χ3v) is 4.05. The predicted octanol–water partition coefficient (Wildman–Crippen LogP) is 3.17. The van der Waals surface area contributed by atoms with Crippen LogP contribution in [-0.2, 0) is 0 Å². The zero-order valence-electron chi connectivity index (χ0n) is 12.4. The van der Waals surface area contributed by atoms with E-state index < -0.39 is 0 Å². The molecule has 0 aliphatic carbocycles. The first-order chi connectivity index (χ1) is 10.0. The van der Waals surface area contributed by atoms with Gasteiger partial charge in [-0.15, -0.1) is 0 Å². The monoisotopic (exact) mass is 330 g/mol. The zero-order chi connectivity index (χ0) is 15.4. The number of halogens is 2. The lowest BCUT2D eigenvalue weighted by Crippen LogP contribution is -2.47. The number of ether oxygens (including phenoxy) is 1. The molecule has 0 saturated carbocycles. The highest BCUT2D eigenvalue weighted by atomic mass is 35.5. The van der Waals surface area contributed by atoms with Crippen molar-refractivity contribution in [1.82, 2.24) is 9.80 Å². The van der Waals surface area contributed by atoms with Crippen molar-refractivity contribution in [2.75, 3.05) is 39.8 Å². The smallest absolute Gasteiger partial charge is 0.254 e. The third kappa shape index (κ3) is 4.02. The van der Waals surface area contributed by atoms with Crippen LogP contribution in [-0.4, -0.2) is 55.5 Å². The van der Waals surface area contributed by atoms with E-state index in [9.17, 15) is 4.79 Å². The zero-order valence-corrected chi connectivity index (χ0v) is 13.9. The Labute approximate surface area is 135 Å². The Kier molecular flexibility index (Phi) is 5.73. The van der Waals surface area contributed by atoms with Gasteiger partial charge in [0.15, 0.2) is 5.75 Å². The van der Waals surface area contributed by atoms with E-state index in [0.29, 0.717) is 28.0 Å². The summed E-state index contributed by atoms with van der Waals surface area (Å²) in [6.07, 6.45) is 0.870. The van der Waals surface area contributed by atoms with E-state index in [1.165, 1.54) is 0 Å². The molecule has 0 unspecified atom stereocenters.